The SMILES string of the molecule is CCCn1ncnc1CC(Cc1ccccc1Br)NC. The minimum Gasteiger partial charge on any atom is -0.316 e. The molecule has 108 valence electrons. The number of nitrogens with zero attached hydrogens (tertiary/aromatic N) is 3. The summed E-state index contributed by atoms with van der Waals surface area (Å²) in [6.07, 6.45) is 4.58. The van der Waals surface area contributed by atoms with Gasteiger partial charge >= 0.3 is 0 Å². The maximum Gasteiger partial charge on any atom is 0.138 e. The third-order valence-electron chi connectivity index (χ3n) is 3.39. The summed E-state index contributed by atoms with van der Waals surface area (Å²) in [6.45, 7) is 3.09. The summed E-state index contributed by atoms with van der Waals surface area (Å²) in [5.41, 5.74) is 1.31. The van der Waals surface area contributed by atoms with E-state index in [1.807, 2.05) is 17.8 Å². The fourth-order valence-electron chi connectivity index (χ4n) is 2.27. The first-order chi connectivity index (χ1) is 9.74. The summed E-state index contributed by atoms with van der Waals surface area (Å²) >= 11 is 3.61. The third kappa shape index (κ3) is 3.90. The summed E-state index contributed by atoms with van der Waals surface area (Å²) in [5.74, 6) is 1.05. The quantitative estimate of drug-likeness (QED) is 0.845. The van der Waals surface area contributed by atoms with E-state index in [0.29, 0.717) is 6.04 Å². The average Bonchev–Trinajstić information content (AvgIpc) is 2.88. The van der Waals surface area contributed by atoms with Crippen molar-refractivity contribution < 1.29 is 0 Å². The van der Waals surface area contributed by atoms with E-state index in [4.69, 9.17) is 0 Å². The van der Waals surface area contributed by atoms with Crippen LogP contribution in [0.2, 0.25) is 0 Å². The number of nitrogens with one attached hydrogen (secondary N) is 1. The van der Waals surface area contributed by atoms with E-state index < -0.39 is 0 Å². The molecule has 2 aromatic rings. The summed E-state index contributed by atoms with van der Waals surface area (Å²) in [5, 5.41) is 7.67. The van der Waals surface area contributed by atoms with Gasteiger partial charge in [-0.05, 0) is 31.5 Å². The molecule has 1 aromatic carbocycles. The normalized spacial score (nSPS) is 12.6. The summed E-state index contributed by atoms with van der Waals surface area (Å²) in [6, 6.07) is 8.72. The van der Waals surface area contributed by atoms with Gasteiger partial charge in [-0.15, -0.1) is 0 Å². The number of hydrogen-bond acceptors (Lipinski definition) is 3. The Kier molecular flexibility index (Phi) is 5.73. The average molecular weight is 337 g/mol. The van der Waals surface area contributed by atoms with Crippen LogP contribution in [0.4, 0.5) is 0 Å². The summed E-state index contributed by atoms with van der Waals surface area (Å²) < 4.78 is 3.17. The maximum absolute atomic E-state index is 4.39. The zero-order valence-corrected chi connectivity index (χ0v) is 13.6. The lowest BCUT2D eigenvalue weighted by Gasteiger charge is -2.17. The van der Waals surface area contributed by atoms with Gasteiger partial charge in [-0.2, -0.15) is 5.10 Å². The van der Waals surface area contributed by atoms with Crippen LogP contribution in [0.5, 0.6) is 0 Å². The number of aryl methyl sites for hydroxylation is 1. The van der Waals surface area contributed by atoms with E-state index in [-0.39, 0.29) is 0 Å². The van der Waals surface area contributed by atoms with E-state index in [2.05, 4.69) is 56.5 Å². The van der Waals surface area contributed by atoms with E-state index in [1.54, 1.807) is 6.33 Å². The number of rotatable bonds is 7. The monoisotopic (exact) mass is 336 g/mol. The number of benzene rings is 1. The molecule has 0 amide bonds. The Morgan fingerprint density at radius 2 is 2.10 bits per heavy atom. The molecule has 0 aliphatic carbocycles. The number of likely N-dealkylation sites (N-methyl/N-ethyl adjacent to an activating group) is 1. The van der Waals surface area contributed by atoms with Crippen molar-refractivity contribution in [2.45, 2.75) is 38.8 Å². The van der Waals surface area contributed by atoms with Gasteiger partial charge in [-0.1, -0.05) is 41.1 Å². The van der Waals surface area contributed by atoms with E-state index >= 15 is 0 Å². The highest BCUT2D eigenvalue weighted by atomic mass is 79.9. The Morgan fingerprint density at radius 1 is 1.30 bits per heavy atom. The van der Waals surface area contributed by atoms with Gasteiger partial charge in [0.15, 0.2) is 0 Å². The van der Waals surface area contributed by atoms with E-state index in [9.17, 15) is 0 Å². The predicted molar refractivity (Wildman–Crippen MR) is 84.7 cm³/mol. The molecule has 0 saturated carbocycles. The molecule has 0 fully saturated rings. The first-order valence-electron chi connectivity index (χ1n) is 7.02. The molecule has 1 aromatic heterocycles. The number of hydrogen-bond donors (Lipinski definition) is 1. The van der Waals surface area contributed by atoms with Crippen molar-refractivity contribution in [3.05, 3.63) is 46.5 Å². The Balaban J connectivity index is 2.05. The molecule has 0 aliphatic heterocycles. The molecule has 1 unspecified atom stereocenters. The summed E-state index contributed by atoms with van der Waals surface area (Å²) in [4.78, 5) is 4.39. The molecule has 2 rings (SSSR count). The lowest BCUT2D eigenvalue weighted by molar-refractivity contribution is 0.501. The van der Waals surface area contributed by atoms with Crippen LogP contribution in [-0.4, -0.2) is 27.9 Å². The Labute approximate surface area is 128 Å². The van der Waals surface area contributed by atoms with Gasteiger partial charge in [-0.3, -0.25) is 4.68 Å². The first kappa shape index (κ1) is 15.2. The Morgan fingerprint density at radius 3 is 2.80 bits per heavy atom. The van der Waals surface area contributed by atoms with Crippen LogP contribution in [-0.2, 0) is 19.4 Å². The minimum absolute atomic E-state index is 0.355. The molecule has 1 N–H and O–H groups in total. The van der Waals surface area contributed by atoms with Crippen molar-refractivity contribution in [1.29, 1.82) is 0 Å². The van der Waals surface area contributed by atoms with Crippen molar-refractivity contribution in [3.8, 4) is 0 Å². The second-order valence-electron chi connectivity index (χ2n) is 4.88. The van der Waals surface area contributed by atoms with Crippen molar-refractivity contribution in [1.82, 2.24) is 20.1 Å². The highest BCUT2D eigenvalue weighted by Crippen LogP contribution is 2.18. The number of aromatic nitrogens is 3. The van der Waals surface area contributed by atoms with Crippen molar-refractivity contribution in [2.75, 3.05) is 7.05 Å². The molecule has 0 aliphatic rings. The van der Waals surface area contributed by atoms with Crippen LogP contribution < -0.4 is 5.32 Å². The van der Waals surface area contributed by atoms with Crippen LogP contribution in [0.1, 0.15) is 24.7 Å². The van der Waals surface area contributed by atoms with Gasteiger partial charge < -0.3 is 5.32 Å². The molecule has 0 spiro atoms. The largest absolute Gasteiger partial charge is 0.316 e. The van der Waals surface area contributed by atoms with Crippen LogP contribution in [0, 0.1) is 0 Å². The molecule has 0 saturated heterocycles. The molecule has 0 radical (unpaired) electrons. The van der Waals surface area contributed by atoms with Gasteiger partial charge in [0, 0.05) is 23.5 Å². The second-order valence-corrected chi connectivity index (χ2v) is 5.74. The number of halogens is 1. The minimum atomic E-state index is 0.355. The molecular weight excluding hydrogens is 316 g/mol. The molecule has 20 heavy (non-hydrogen) atoms. The molecular formula is C15H21BrN4. The van der Waals surface area contributed by atoms with Gasteiger partial charge in [0.1, 0.15) is 12.2 Å². The zero-order valence-electron chi connectivity index (χ0n) is 12.0. The zero-order chi connectivity index (χ0) is 14.4. The van der Waals surface area contributed by atoms with E-state index in [0.717, 1.165) is 36.1 Å². The van der Waals surface area contributed by atoms with Crippen molar-refractivity contribution >= 4 is 15.9 Å². The fraction of sp³-hybridized carbons (Fsp3) is 0.467. The predicted octanol–water partition coefficient (Wildman–Crippen LogP) is 2.82. The molecule has 5 heteroatoms. The standard InChI is InChI=1S/C15H21BrN4/c1-3-8-20-15(18-11-19-20)10-13(17-2)9-12-6-4-5-7-14(12)16/h4-7,11,13,17H,3,8-10H2,1-2H3. The van der Waals surface area contributed by atoms with E-state index in [1.165, 1.54) is 5.56 Å². The Hall–Kier alpha value is -1.20. The maximum atomic E-state index is 4.39. The topological polar surface area (TPSA) is 42.7 Å². The fourth-order valence-corrected chi connectivity index (χ4v) is 2.72. The van der Waals surface area contributed by atoms with Gasteiger partial charge in [-0.25, -0.2) is 4.98 Å². The van der Waals surface area contributed by atoms with Gasteiger partial charge in [0.05, 0.1) is 0 Å². The Bertz CT molecular complexity index is 538. The van der Waals surface area contributed by atoms with Crippen LogP contribution >= 0.6 is 15.9 Å². The molecule has 1 atom stereocenters. The highest BCUT2D eigenvalue weighted by Gasteiger charge is 2.14. The third-order valence-corrected chi connectivity index (χ3v) is 4.17. The van der Waals surface area contributed by atoms with Crippen LogP contribution in [0.25, 0.3) is 0 Å². The van der Waals surface area contributed by atoms with Crippen molar-refractivity contribution in [3.63, 3.8) is 0 Å². The van der Waals surface area contributed by atoms with Gasteiger partial charge in [0.25, 0.3) is 0 Å². The van der Waals surface area contributed by atoms with Crippen LogP contribution in [0.3, 0.4) is 0 Å². The molecule has 1 heterocycles. The lowest BCUT2D eigenvalue weighted by Crippen LogP contribution is -2.31. The van der Waals surface area contributed by atoms with Gasteiger partial charge in [0.2, 0.25) is 0 Å². The smallest absolute Gasteiger partial charge is 0.138 e. The highest BCUT2D eigenvalue weighted by molar-refractivity contribution is 9.10. The summed E-state index contributed by atoms with van der Waals surface area (Å²) in [7, 11) is 2.00. The molecule has 4 nitrogen and oxygen atoms in total. The second kappa shape index (κ2) is 7.55. The molecule has 0 bridgehead atoms. The first-order valence-corrected chi connectivity index (χ1v) is 7.81. The lowest BCUT2D eigenvalue weighted by atomic mass is 10.0. The van der Waals surface area contributed by atoms with Crippen molar-refractivity contribution in [2.24, 2.45) is 0 Å². The van der Waals surface area contributed by atoms with Crippen LogP contribution in [0.15, 0.2) is 35.1 Å².